The SMILES string of the molecule is C.CS(=O)(=O)Cl.CS(=O)(=O)OC[C@H]1CCN(C(=O)OCc2ccccc2)C1.ClCCl.O=C(OCc1ccccc1)N1CC[C@H](CO)C1. The molecule has 0 radical (unpaired) electrons. The lowest BCUT2D eigenvalue weighted by atomic mass is 10.1. The maximum absolute atomic E-state index is 11.9. The number of alkyl halides is 2. The largest absolute Gasteiger partial charge is 0.445 e. The summed E-state index contributed by atoms with van der Waals surface area (Å²) in [7, 11) is -2.12. The lowest BCUT2D eigenvalue weighted by Gasteiger charge is -2.16. The van der Waals surface area contributed by atoms with E-state index in [-0.39, 0.29) is 56.6 Å². The number of benzene rings is 2. The topological polar surface area (TPSA) is 157 Å². The van der Waals surface area contributed by atoms with Gasteiger partial charge in [-0.2, -0.15) is 8.42 Å². The summed E-state index contributed by atoms with van der Waals surface area (Å²) in [4.78, 5) is 26.9. The smallest absolute Gasteiger partial charge is 0.410 e. The number of amides is 2. The Hall–Kier alpha value is -2.33. The highest BCUT2D eigenvalue weighted by atomic mass is 35.7. The number of hydrogen-bond donors (Lipinski definition) is 1. The summed E-state index contributed by atoms with van der Waals surface area (Å²) in [6.07, 6.45) is 2.86. The number of halogens is 3. The number of hydrogen-bond acceptors (Lipinski definition) is 10. The van der Waals surface area contributed by atoms with Crippen LogP contribution in [0.4, 0.5) is 9.59 Å². The molecule has 2 heterocycles. The summed E-state index contributed by atoms with van der Waals surface area (Å²) in [6.45, 7) is 3.10. The van der Waals surface area contributed by atoms with E-state index < -0.39 is 19.2 Å². The molecule has 2 amide bonds. The highest BCUT2D eigenvalue weighted by Crippen LogP contribution is 2.19. The molecule has 0 saturated carbocycles. The Labute approximate surface area is 293 Å². The third kappa shape index (κ3) is 22.8. The van der Waals surface area contributed by atoms with Gasteiger partial charge < -0.3 is 24.4 Å². The van der Waals surface area contributed by atoms with Crippen LogP contribution in [0.25, 0.3) is 0 Å². The van der Waals surface area contributed by atoms with E-state index in [0.29, 0.717) is 32.8 Å². The number of likely N-dealkylation sites (tertiary alicyclic amines) is 2. The van der Waals surface area contributed by atoms with Crippen molar-refractivity contribution in [1.29, 1.82) is 0 Å². The van der Waals surface area contributed by atoms with Crippen LogP contribution >= 0.6 is 33.9 Å². The zero-order valence-electron chi connectivity index (χ0n) is 25.7. The van der Waals surface area contributed by atoms with Gasteiger partial charge in [-0.05, 0) is 24.0 Å². The molecule has 0 bridgehead atoms. The molecule has 0 unspecified atom stereocenters. The van der Waals surface area contributed by atoms with Crippen molar-refractivity contribution in [3.8, 4) is 0 Å². The summed E-state index contributed by atoms with van der Waals surface area (Å²) >= 11 is 9.53. The summed E-state index contributed by atoms with van der Waals surface area (Å²) in [5.74, 6) is 0.239. The minimum atomic E-state index is -3.43. The molecule has 17 heteroatoms. The number of aliphatic hydroxyl groups excluding tert-OH is 1. The van der Waals surface area contributed by atoms with Crippen molar-refractivity contribution in [2.24, 2.45) is 11.8 Å². The normalized spacial score (nSPS) is 17.0. The molecule has 2 aromatic rings. The molecular formula is C30H45Cl3N2O10S2. The Bertz CT molecular complexity index is 1360. The second-order valence-electron chi connectivity index (χ2n) is 10.2. The fourth-order valence-corrected chi connectivity index (χ4v) is 4.56. The fourth-order valence-electron chi connectivity index (χ4n) is 4.12. The first kappa shape index (κ1) is 44.7. The van der Waals surface area contributed by atoms with Gasteiger partial charge in [-0.15, -0.1) is 23.2 Å². The fraction of sp³-hybridized carbons (Fsp3) is 0.533. The lowest BCUT2D eigenvalue weighted by molar-refractivity contribution is 0.101. The lowest BCUT2D eigenvalue weighted by Crippen LogP contribution is -2.30. The average molecular weight is 764 g/mol. The van der Waals surface area contributed by atoms with Crippen molar-refractivity contribution < 1.29 is 45.2 Å². The minimum absolute atomic E-state index is 0. The van der Waals surface area contributed by atoms with E-state index in [2.05, 4.69) is 10.7 Å². The second kappa shape index (κ2) is 23.9. The standard InChI is InChI=1S/C14H19NO5S.C13H17NO3.CH2Cl2.CH3ClO2S.CH4/c1-21(17,18)20-11-13-7-8-15(9-13)14(16)19-10-12-5-3-2-4-6-12;15-9-12-6-7-14(8-12)13(16)17-10-11-4-2-1-3-5-11;2-1-3;1-5(2,3)4;/h2-6,13H,7-11H2,1H3;1-5,12,15H,6-10H2;1H2;1H3;1H4/t13-;12-;;;/m00.../s1. The molecule has 0 spiro atoms. The van der Waals surface area contributed by atoms with Crippen molar-refractivity contribution in [3.05, 3.63) is 71.8 Å². The number of carbonyl (C=O) groups excluding carboxylic acids is 2. The molecule has 2 saturated heterocycles. The highest BCUT2D eigenvalue weighted by molar-refractivity contribution is 8.13. The van der Waals surface area contributed by atoms with Gasteiger partial charge >= 0.3 is 12.2 Å². The van der Waals surface area contributed by atoms with E-state index in [1.54, 1.807) is 9.80 Å². The zero-order chi connectivity index (χ0) is 34.6. The van der Waals surface area contributed by atoms with Crippen LogP contribution in [0.15, 0.2) is 60.7 Å². The number of rotatable bonds is 8. The van der Waals surface area contributed by atoms with Gasteiger partial charge in [0.2, 0.25) is 9.05 Å². The van der Waals surface area contributed by atoms with E-state index in [9.17, 15) is 26.4 Å². The van der Waals surface area contributed by atoms with Gasteiger partial charge in [0, 0.05) is 55.3 Å². The van der Waals surface area contributed by atoms with Crippen molar-refractivity contribution >= 4 is 65.2 Å². The average Bonchev–Trinajstić information content (AvgIpc) is 3.69. The first-order chi connectivity index (χ1) is 21.6. The molecule has 1 N–H and O–H groups in total. The van der Waals surface area contributed by atoms with Crippen LogP contribution in [0.3, 0.4) is 0 Å². The van der Waals surface area contributed by atoms with Gasteiger partial charge in [-0.3, -0.25) is 4.18 Å². The van der Waals surface area contributed by atoms with Crippen LogP contribution in [0.1, 0.15) is 31.4 Å². The molecule has 268 valence electrons. The van der Waals surface area contributed by atoms with Crippen LogP contribution in [-0.2, 0) is 46.0 Å². The number of aliphatic hydroxyl groups is 1. The molecule has 2 aromatic carbocycles. The Morgan fingerprint density at radius 3 is 1.49 bits per heavy atom. The maximum Gasteiger partial charge on any atom is 0.410 e. The summed E-state index contributed by atoms with van der Waals surface area (Å²) < 4.78 is 55.9. The Kier molecular flexibility index (Phi) is 22.7. The van der Waals surface area contributed by atoms with Gasteiger partial charge in [0.15, 0.2) is 0 Å². The van der Waals surface area contributed by atoms with Gasteiger partial charge in [0.1, 0.15) is 13.2 Å². The number of carbonyl (C=O) groups is 2. The molecule has 0 aliphatic carbocycles. The van der Waals surface area contributed by atoms with E-state index in [1.807, 2.05) is 60.7 Å². The highest BCUT2D eigenvalue weighted by Gasteiger charge is 2.28. The van der Waals surface area contributed by atoms with Crippen molar-refractivity contribution in [1.82, 2.24) is 9.80 Å². The second-order valence-corrected chi connectivity index (χ2v) is 15.7. The molecule has 4 rings (SSSR count). The maximum atomic E-state index is 11.9. The third-order valence-corrected chi connectivity index (χ3v) is 6.84. The summed E-state index contributed by atoms with van der Waals surface area (Å²) in [5, 5.41) is 9.19. The van der Waals surface area contributed by atoms with Gasteiger partial charge in [0.05, 0.1) is 24.5 Å². The van der Waals surface area contributed by atoms with Crippen molar-refractivity contribution in [3.63, 3.8) is 0 Å². The van der Waals surface area contributed by atoms with Crippen LogP contribution in [-0.4, -0.2) is 101 Å². The van der Waals surface area contributed by atoms with Gasteiger partial charge in [0.25, 0.3) is 10.1 Å². The van der Waals surface area contributed by atoms with Crippen LogP contribution < -0.4 is 0 Å². The number of ether oxygens (including phenoxy) is 2. The number of nitrogens with zero attached hydrogens (tertiary/aromatic N) is 2. The van der Waals surface area contributed by atoms with E-state index in [1.165, 1.54) is 0 Å². The Morgan fingerprint density at radius 1 is 0.787 bits per heavy atom. The molecule has 0 aromatic heterocycles. The van der Waals surface area contributed by atoms with E-state index >= 15 is 0 Å². The van der Waals surface area contributed by atoms with E-state index in [0.717, 1.165) is 36.5 Å². The van der Waals surface area contributed by atoms with Gasteiger partial charge in [-0.1, -0.05) is 68.1 Å². The first-order valence-electron chi connectivity index (χ1n) is 14.0. The molecule has 2 aliphatic heterocycles. The Balaban J connectivity index is 0.000000730. The van der Waals surface area contributed by atoms with Crippen molar-refractivity contribution in [2.45, 2.75) is 33.5 Å². The van der Waals surface area contributed by atoms with E-state index in [4.69, 9.17) is 42.0 Å². The molecular weight excluding hydrogens is 719 g/mol. The molecule has 2 aliphatic rings. The van der Waals surface area contributed by atoms with Crippen LogP contribution in [0.2, 0.25) is 0 Å². The third-order valence-electron chi connectivity index (χ3n) is 6.27. The molecule has 2 fully saturated rings. The minimum Gasteiger partial charge on any atom is -0.445 e. The predicted molar refractivity (Wildman–Crippen MR) is 184 cm³/mol. The zero-order valence-corrected chi connectivity index (χ0v) is 29.6. The van der Waals surface area contributed by atoms with Crippen molar-refractivity contribution in [2.75, 3.05) is 57.2 Å². The summed E-state index contributed by atoms with van der Waals surface area (Å²) in [5.41, 5.74) is 1.92. The predicted octanol–water partition coefficient (Wildman–Crippen LogP) is 5.50. The molecule has 2 atom stereocenters. The molecule has 12 nitrogen and oxygen atoms in total. The van der Waals surface area contributed by atoms with Gasteiger partial charge in [-0.25, -0.2) is 18.0 Å². The quantitative estimate of drug-likeness (QED) is 0.207. The summed E-state index contributed by atoms with van der Waals surface area (Å²) in [6, 6.07) is 19.1. The monoisotopic (exact) mass is 762 g/mol. The Morgan fingerprint density at radius 2 is 1.15 bits per heavy atom. The van der Waals surface area contributed by atoms with Crippen LogP contribution in [0.5, 0.6) is 0 Å². The molecule has 47 heavy (non-hydrogen) atoms. The first-order valence-corrected chi connectivity index (χ1v) is 19.6. The van der Waals surface area contributed by atoms with Crippen LogP contribution in [0, 0.1) is 11.8 Å².